The molecule has 18 heavy (non-hydrogen) atoms. The Morgan fingerprint density at radius 2 is 2.44 bits per heavy atom. The summed E-state index contributed by atoms with van der Waals surface area (Å²) in [4.78, 5) is 18.7. The van der Waals surface area contributed by atoms with Crippen LogP contribution in [0.15, 0.2) is 12.4 Å². The van der Waals surface area contributed by atoms with Crippen molar-refractivity contribution in [3.63, 3.8) is 0 Å². The van der Waals surface area contributed by atoms with E-state index in [1.54, 1.807) is 10.9 Å². The summed E-state index contributed by atoms with van der Waals surface area (Å²) in [6, 6.07) is 0. The molecule has 2 aromatic rings. The molecular weight excluding hydrogens is 232 g/mol. The zero-order valence-corrected chi connectivity index (χ0v) is 10.1. The highest BCUT2D eigenvalue weighted by Crippen LogP contribution is 2.27. The molecule has 2 N–H and O–H groups in total. The number of carbonyl (C=O) groups is 1. The largest absolute Gasteiger partial charge is 0.481 e. The summed E-state index contributed by atoms with van der Waals surface area (Å²) >= 11 is 0. The van der Waals surface area contributed by atoms with Gasteiger partial charge in [-0.25, -0.2) is 4.98 Å². The van der Waals surface area contributed by atoms with Crippen LogP contribution < -0.4 is 0 Å². The van der Waals surface area contributed by atoms with E-state index in [0.717, 1.165) is 29.2 Å². The van der Waals surface area contributed by atoms with Crippen LogP contribution in [0.4, 0.5) is 0 Å². The van der Waals surface area contributed by atoms with Crippen molar-refractivity contribution in [2.75, 3.05) is 0 Å². The Morgan fingerprint density at radius 3 is 3.11 bits per heavy atom. The number of aromatic amines is 1. The Labute approximate surface area is 104 Å². The Morgan fingerprint density at radius 1 is 1.61 bits per heavy atom. The van der Waals surface area contributed by atoms with Crippen LogP contribution in [0, 0.1) is 5.92 Å². The van der Waals surface area contributed by atoms with E-state index >= 15 is 0 Å². The minimum absolute atomic E-state index is 0.292. The Hall–Kier alpha value is -2.11. The molecule has 0 saturated heterocycles. The average molecular weight is 246 g/mol. The molecule has 1 unspecified atom stereocenters. The summed E-state index contributed by atoms with van der Waals surface area (Å²) in [7, 11) is 1.85. The SMILES string of the molecule is Cn1cc(-c2nc3c([nH]2)CC(C(=O)O)CC3)cn1. The Balaban J connectivity index is 1.91. The fourth-order valence-electron chi connectivity index (χ4n) is 2.37. The van der Waals surface area contributed by atoms with Crippen molar-refractivity contribution in [1.29, 1.82) is 0 Å². The van der Waals surface area contributed by atoms with Gasteiger partial charge in [-0.3, -0.25) is 9.48 Å². The van der Waals surface area contributed by atoms with Crippen molar-refractivity contribution in [2.24, 2.45) is 13.0 Å². The first-order chi connectivity index (χ1) is 8.63. The summed E-state index contributed by atoms with van der Waals surface area (Å²) in [5, 5.41) is 13.1. The number of H-pyrrole nitrogens is 1. The molecule has 0 radical (unpaired) electrons. The van der Waals surface area contributed by atoms with E-state index in [4.69, 9.17) is 5.11 Å². The van der Waals surface area contributed by atoms with Crippen LogP contribution in [0.3, 0.4) is 0 Å². The van der Waals surface area contributed by atoms with Crippen LogP contribution in [-0.4, -0.2) is 30.8 Å². The molecule has 1 atom stereocenters. The third-order valence-electron chi connectivity index (χ3n) is 3.37. The van der Waals surface area contributed by atoms with Gasteiger partial charge in [-0.2, -0.15) is 5.10 Å². The molecule has 0 aromatic carbocycles. The molecule has 0 amide bonds. The van der Waals surface area contributed by atoms with Crippen molar-refractivity contribution < 1.29 is 9.90 Å². The number of carboxylic acids is 1. The number of fused-ring (bicyclic) bond motifs is 1. The number of hydrogen-bond donors (Lipinski definition) is 2. The van der Waals surface area contributed by atoms with Gasteiger partial charge in [-0.1, -0.05) is 0 Å². The number of rotatable bonds is 2. The molecule has 6 heteroatoms. The number of nitrogens with one attached hydrogen (secondary N) is 1. The zero-order valence-electron chi connectivity index (χ0n) is 10.1. The smallest absolute Gasteiger partial charge is 0.306 e. The maximum Gasteiger partial charge on any atom is 0.306 e. The number of carboxylic acid groups (broad SMARTS) is 1. The molecule has 94 valence electrons. The van der Waals surface area contributed by atoms with E-state index in [9.17, 15) is 4.79 Å². The highest BCUT2D eigenvalue weighted by atomic mass is 16.4. The van der Waals surface area contributed by atoms with Gasteiger partial charge < -0.3 is 10.1 Å². The minimum Gasteiger partial charge on any atom is -0.481 e. The predicted molar refractivity (Wildman–Crippen MR) is 63.9 cm³/mol. The van der Waals surface area contributed by atoms with E-state index in [-0.39, 0.29) is 5.92 Å². The lowest BCUT2D eigenvalue weighted by atomic mass is 9.90. The molecule has 3 rings (SSSR count). The van der Waals surface area contributed by atoms with Crippen LogP contribution in [0.25, 0.3) is 11.4 Å². The lowest BCUT2D eigenvalue weighted by Crippen LogP contribution is -2.22. The van der Waals surface area contributed by atoms with Crippen LogP contribution in [0.5, 0.6) is 0 Å². The second-order valence-electron chi connectivity index (χ2n) is 4.69. The van der Waals surface area contributed by atoms with Crippen molar-refractivity contribution in [3.8, 4) is 11.4 Å². The molecule has 2 aromatic heterocycles. The van der Waals surface area contributed by atoms with Gasteiger partial charge in [0.05, 0.1) is 23.4 Å². The van der Waals surface area contributed by atoms with Gasteiger partial charge in [0.2, 0.25) is 0 Å². The quantitative estimate of drug-likeness (QED) is 0.828. The van der Waals surface area contributed by atoms with E-state index in [1.807, 2.05) is 13.2 Å². The summed E-state index contributed by atoms with van der Waals surface area (Å²) in [5.74, 6) is -0.239. The molecule has 1 aliphatic carbocycles. The first kappa shape index (κ1) is 11.0. The number of hydrogen-bond acceptors (Lipinski definition) is 3. The van der Waals surface area contributed by atoms with E-state index in [2.05, 4.69) is 15.1 Å². The van der Waals surface area contributed by atoms with Crippen LogP contribution in [0.1, 0.15) is 17.8 Å². The predicted octanol–water partition coefficient (Wildman–Crippen LogP) is 1.000. The second-order valence-corrected chi connectivity index (χ2v) is 4.69. The molecule has 1 aliphatic rings. The molecule has 0 aliphatic heterocycles. The summed E-state index contributed by atoms with van der Waals surface area (Å²) < 4.78 is 1.72. The van der Waals surface area contributed by atoms with Crippen molar-refractivity contribution in [3.05, 3.63) is 23.8 Å². The van der Waals surface area contributed by atoms with E-state index in [0.29, 0.717) is 12.8 Å². The highest BCUT2D eigenvalue weighted by molar-refractivity contribution is 5.71. The summed E-state index contributed by atoms with van der Waals surface area (Å²) in [5.41, 5.74) is 2.87. The van der Waals surface area contributed by atoms with Gasteiger partial charge in [-0.05, 0) is 12.8 Å². The molecule has 2 heterocycles. The van der Waals surface area contributed by atoms with Crippen molar-refractivity contribution in [1.82, 2.24) is 19.7 Å². The maximum atomic E-state index is 11.0. The van der Waals surface area contributed by atoms with Gasteiger partial charge in [0.1, 0.15) is 5.82 Å². The van der Waals surface area contributed by atoms with Crippen molar-refractivity contribution >= 4 is 5.97 Å². The molecular formula is C12H14N4O2. The van der Waals surface area contributed by atoms with Crippen LogP contribution >= 0.6 is 0 Å². The fourth-order valence-corrected chi connectivity index (χ4v) is 2.37. The number of aryl methyl sites for hydroxylation is 2. The normalized spacial score (nSPS) is 18.6. The van der Waals surface area contributed by atoms with Crippen molar-refractivity contribution in [2.45, 2.75) is 19.3 Å². The number of imidazole rings is 1. The van der Waals surface area contributed by atoms with Gasteiger partial charge in [0.25, 0.3) is 0 Å². The third kappa shape index (κ3) is 1.79. The highest BCUT2D eigenvalue weighted by Gasteiger charge is 2.27. The van der Waals surface area contributed by atoms with Gasteiger partial charge in [0, 0.05) is 25.4 Å². The van der Waals surface area contributed by atoms with E-state index in [1.165, 1.54) is 0 Å². The number of nitrogens with zero attached hydrogens (tertiary/aromatic N) is 3. The average Bonchev–Trinajstić information content (AvgIpc) is 2.93. The molecule has 0 fully saturated rings. The van der Waals surface area contributed by atoms with Gasteiger partial charge >= 0.3 is 5.97 Å². The van der Waals surface area contributed by atoms with Gasteiger partial charge in [-0.15, -0.1) is 0 Å². The third-order valence-corrected chi connectivity index (χ3v) is 3.37. The summed E-state index contributed by atoms with van der Waals surface area (Å²) in [6.45, 7) is 0. The molecule has 6 nitrogen and oxygen atoms in total. The molecule has 0 bridgehead atoms. The zero-order chi connectivity index (χ0) is 12.7. The van der Waals surface area contributed by atoms with Crippen LogP contribution in [0.2, 0.25) is 0 Å². The number of aromatic nitrogens is 4. The second kappa shape index (κ2) is 3.97. The minimum atomic E-state index is -0.724. The lowest BCUT2D eigenvalue weighted by molar-refractivity contribution is -0.142. The molecule has 0 saturated carbocycles. The Kier molecular flexibility index (Phi) is 2.43. The maximum absolute atomic E-state index is 11.0. The number of aliphatic carboxylic acids is 1. The first-order valence-electron chi connectivity index (χ1n) is 5.93. The fraction of sp³-hybridized carbons (Fsp3) is 0.417. The van der Waals surface area contributed by atoms with Crippen LogP contribution in [-0.2, 0) is 24.7 Å². The lowest BCUT2D eigenvalue weighted by Gasteiger charge is -2.16. The Bertz CT molecular complexity index is 599. The topological polar surface area (TPSA) is 83.8 Å². The van der Waals surface area contributed by atoms with Gasteiger partial charge in [0.15, 0.2) is 0 Å². The molecule has 0 spiro atoms. The monoisotopic (exact) mass is 246 g/mol. The van der Waals surface area contributed by atoms with E-state index < -0.39 is 5.97 Å². The summed E-state index contributed by atoms with van der Waals surface area (Å²) in [6.07, 6.45) is 5.57. The first-order valence-corrected chi connectivity index (χ1v) is 5.93. The standard InChI is InChI=1S/C12H14N4O2/c1-16-6-8(5-13-16)11-14-9-3-2-7(12(17)18)4-10(9)15-11/h5-7H,2-4H2,1H3,(H,14,15)(H,17,18).